The first-order valence-electron chi connectivity index (χ1n) is 10.9. The normalized spacial score (nSPS) is 30.1. The Morgan fingerprint density at radius 1 is 1.10 bits per heavy atom. The molecule has 0 spiro atoms. The van der Waals surface area contributed by atoms with Crippen molar-refractivity contribution in [2.24, 2.45) is 17.8 Å². The van der Waals surface area contributed by atoms with Crippen molar-refractivity contribution in [1.82, 2.24) is 15.5 Å². The summed E-state index contributed by atoms with van der Waals surface area (Å²) in [4.78, 5) is 25.0. The predicted molar refractivity (Wildman–Crippen MR) is 116 cm³/mol. The molecule has 2 aromatic rings. The lowest BCUT2D eigenvalue weighted by Crippen LogP contribution is -2.48. The Morgan fingerprint density at radius 3 is 2.40 bits per heavy atom. The maximum Gasteiger partial charge on any atom is 0.251 e. The molecule has 2 amide bonds. The van der Waals surface area contributed by atoms with E-state index in [1.165, 1.54) is 49.9 Å². The molecule has 0 radical (unpaired) electrons. The molecule has 1 heterocycles. The summed E-state index contributed by atoms with van der Waals surface area (Å²) < 4.78 is 0. The highest BCUT2D eigenvalue weighted by atomic mass is 32.1. The van der Waals surface area contributed by atoms with E-state index < -0.39 is 6.04 Å². The van der Waals surface area contributed by atoms with Crippen molar-refractivity contribution in [3.05, 3.63) is 40.4 Å². The van der Waals surface area contributed by atoms with E-state index in [9.17, 15) is 9.59 Å². The first-order valence-corrected chi connectivity index (χ1v) is 11.7. The van der Waals surface area contributed by atoms with Crippen LogP contribution in [0.25, 0.3) is 0 Å². The third-order valence-electron chi connectivity index (χ3n) is 7.17. The summed E-state index contributed by atoms with van der Waals surface area (Å²) in [7, 11) is 0. The molecule has 6 nitrogen and oxygen atoms in total. The molecule has 30 heavy (non-hydrogen) atoms. The second kappa shape index (κ2) is 7.45. The molecule has 4 aliphatic rings. The average molecular weight is 425 g/mol. The van der Waals surface area contributed by atoms with Crippen LogP contribution in [0.3, 0.4) is 0 Å². The van der Waals surface area contributed by atoms with Crippen molar-refractivity contribution >= 4 is 28.3 Å². The molecular formula is C23H28N4O2S. The highest BCUT2D eigenvalue weighted by molar-refractivity contribution is 7.15. The lowest BCUT2D eigenvalue weighted by molar-refractivity contribution is -0.117. The van der Waals surface area contributed by atoms with Gasteiger partial charge in [-0.2, -0.15) is 0 Å². The van der Waals surface area contributed by atoms with E-state index in [1.807, 2.05) is 25.1 Å². The van der Waals surface area contributed by atoms with Crippen LogP contribution in [0.5, 0.6) is 0 Å². The number of carbonyl (C=O) groups excluding carboxylic acids is 2. The molecule has 2 N–H and O–H groups in total. The number of aryl methyl sites for hydroxylation is 1. The second-order valence-electron chi connectivity index (χ2n) is 9.66. The van der Waals surface area contributed by atoms with Crippen LogP contribution in [0, 0.1) is 24.7 Å². The zero-order valence-corrected chi connectivity index (χ0v) is 18.3. The Labute approximate surface area is 180 Å². The van der Waals surface area contributed by atoms with Gasteiger partial charge in [-0.1, -0.05) is 29.0 Å². The van der Waals surface area contributed by atoms with E-state index in [0.717, 1.165) is 28.3 Å². The number of benzene rings is 1. The Hall–Kier alpha value is -2.28. The van der Waals surface area contributed by atoms with E-state index in [-0.39, 0.29) is 17.2 Å². The van der Waals surface area contributed by atoms with E-state index in [4.69, 9.17) is 0 Å². The number of nitrogens with zero attached hydrogens (tertiary/aromatic N) is 2. The van der Waals surface area contributed by atoms with Gasteiger partial charge in [0.1, 0.15) is 11.0 Å². The van der Waals surface area contributed by atoms with Crippen LogP contribution in [0.2, 0.25) is 0 Å². The van der Waals surface area contributed by atoms with Crippen molar-refractivity contribution in [3.63, 3.8) is 0 Å². The minimum atomic E-state index is -0.662. The van der Waals surface area contributed by atoms with Crippen molar-refractivity contribution < 1.29 is 9.59 Å². The van der Waals surface area contributed by atoms with Gasteiger partial charge in [-0.3, -0.25) is 14.9 Å². The number of carbonyl (C=O) groups is 2. The van der Waals surface area contributed by atoms with Crippen LogP contribution < -0.4 is 10.6 Å². The Balaban J connectivity index is 1.23. The third-order valence-corrected chi connectivity index (χ3v) is 8.25. The number of nitrogens with one attached hydrogen (secondary N) is 2. The predicted octanol–water partition coefficient (Wildman–Crippen LogP) is 4.07. The molecule has 4 saturated carbocycles. The van der Waals surface area contributed by atoms with Crippen LogP contribution in [0.4, 0.5) is 5.13 Å². The standard InChI is InChI=1S/C23H28N4O2S/c1-13-4-3-5-18(6-13)20(29)24-14(2)19(28)25-22-27-26-21(30-22)23-10-15-7-16(11-23)9-17(8-15)12-23/h3-6,14-17H,7-12H2,1-2H3,(H,24,29)(H,25,27,28). The lowest BCUT2D eigenvalue weighted by atomic mass is 9.50. The monoisotopic (exact) mass is 424 g/mol. The van der Waals surface area contributed by atoms with Gasteiger partial charge in [0.15, 0.2) is 0 Å². The topological polar surface area (TPSA) is 84.0 Å². The number of anilines is 1. The molecule has 1 unspecified atom stereocenters. The second-order valence-corrected chi connectivity index (χ2v) is 10.6. The van der Waals surface area contributed by atoms with Crippen molar-refractivity contribution in [2.75, 3.05) is 5.32 Å². The van der Waals surface area contributed by atoms with Gasteiger partial charge in [0.25, 0.3) is 5.91 Å². The van der Waals surface area contributed by atoms with Gasteiger partial charge in [-0.25, -0.2) is 0 Å². The summed E-state index contributed by atoms with van der Waals surface area (Å²) in [6.07, 6.45) is 7.85. The van der Waals surface area contributed by atoms with E-state index in [1.54, 1.807) is 13.0 Å². The fourth-order valence-corrected chi connectivity index (χ4v) is 7.17. The highest BCUT2D eigenvalue weighted by Gasteiger charge is 2.53. The summed E-state index contributed by atoms with van der Waals surface area (Å²) in [5, 5.41) is 16.0. The largest absolute Gasteiger partial charge is 0.341 e. The van der Waals surface area contributed by atoms with Gasteiger partial charge in [-0.05, 0) is 82.3 Å². The maximum absolute atomic E-state index is 12.6. The molecular weight excluding hydrogens is 396 g/mol. The number of aromatic nitrogens is 2. The first-order chi connectivity index (χ1) is 14.4. The van der Waals surface area contributed by atoms with Crippen molar-refractivity contribution in [2.45, 2.75) is 63.8 Å². The smallest absolute Gasteiger partial charge is 0.251 e. The number of amides is 2. The van der Waals surface area contributed by atoms with Gasteiger partial charge in [0, 0.05) is 11.0 Å². The van der Waals surface area contributed by atoms with Gasteiger partial charge >= 0.3 is 0 Å². The molecule has 1 aromatic carbocycles. The summed E-state index contributed by atoms with van der Waals surface area (Å²) >= 11 is 1.52. The van der Waals surface area contributed by atoms with Gasteiger partial charge in [-0.15, -0.1) is 10.2 Å². The molecule has 4 aliphatic carbocycles. The van der Waals surface area contributed by atoms with Crippen LogP contribution in [0.15, 0.2) is 24.3 Å². The quantitative estimate of drug-likeness (QED) is 0.758. The molecule has 4 fully saturated rings. The van der Waals surface area contributed by atoms with Gasteiger partial charge < -0.3 is 5.32 Å². The van der Waals surface area contributed by atoms with Crippen molar-refractivity contribution in [3.8, 4) is 0 Å². The number of rotatable bonds is 5. The van der Waals surface area contributed by atoms with Crippen LogP contribution in [-0.2, 0) is 10.2 Å². The van der Waals surface area contributed by atoms with Gasteiger partial charge in [0.2, 0.25) is 11.0 Å². The Kier molecular flexibility index (Phi) is 4.88. The summed E-state index contributed by atoms with van der Waals surface area (Å²) in [5.74, 6) is 2.00. The number of hydrogen-bond acceptors (Lipinski definition) is 5. The Bertz CT molecular complexity index is 950. The summed E-state index contributed by atoms with van der Waals surface area (Å²) in [6.45, 7) is 3.62. The molecule has 158 valence electrons. The van der Waals surface area contributed by atoms with E-state index in [0.29, 0.717) is 10.7 Å². The number of hydrogen-bond donors (Lipinski definition) is 2. The maximum atomic E-state index is 12.6. The molecule has 4 bridgehead atoms. The average Bonchev–Trinajstić information content (AvgIpc) is 3.16. The fraction of sp³-hybridized carbons (Fsp3) is 0.565. The fourth-order valence-electron chi connectivity index (χ4n) is 6.21. The highest BCUT2D eigenvalue weighted by Crippen LogP contribution is 2.61. The van der Waals surface area contributed by atoms with Gasteiger partial charge in [0.05, 0.1) is 0 Å². The molecule has 0 saturated heterocycles. The SMILES string of the molecule is Cc1cccc(C(=O)NC(C)C(=O)Nc2nnc(C34CC5CC(CC(C5)C3)C4)s2)c1. The molecule has 1 aromatic heterocycles. The van der Waals surface area contributed by atoms with Crippen LogP contribution in [0.1, 0.15) is 66.4 Å². The first kappa shape index (κ1) is 19.7. The zero-order valence-electron chi connectivity index (χ0n) is 17.5. The van der Waals surface area contributed by atoms with Crippen molar-refractivity contribution in [1.29, 1.82) is 0 Å². The van der Waals surface area contributed by atoms with E-state index in [2.05, 4.69) is 20.8 Å². The Morgan fingerprint density at radius 2 is 1.77 bits per heavy atom. The summed E-state index contributed by atoms with van der Waals surface area (Å²) in [6, 6.07) is 6.66. The summed E-state index contributed by atoms with van der Waals surface area (Å²) in [5.41, 5.74) is 1.74. The van der Waals surface area contributed by atoms with Crippen LogP contribution in [-0.4, -0.2) is 28.1 Å². The zero-order chi connectivity index (χ0) is 20.9. The van der Waals surface area contributed by atoms with Crippen LogP contribution >= 0.6 is 11.3 Å². The molecule has 0 aliphatic heterocycles. The lowest BCUT2D eigenvalue weighted by Gasteiger charge is -2.55. The minimum absolute atomic E-state index is 0.181. The molecule has 7 heteroatoms. The third kappa shape index (κ3) is 3.64. The molecule has 1 atom stereocenters. The minimum Gasteiger partial charge on any atom is -0.341 e. The van der Waals surface area contributed by atoms with E-state index >= 15 is 0 Å². The molecule has 6 rings (SSSR count).